The first-order valence-corrected chi connectivity index (χ1v) is 7.30. The largest absolute Gasteiger partial charge is 0.484 e. The van der Waals surface area contributed by atoms with E-state index >= 15 is 0 Å². The number of amides is 1. The van der Waals surface area contributed by atoms with Gasteiger partial charge in [-0.2, -0.15) is 5.10 Å². The fraction of sp³-hybridized carbons (Fsp3) is 0.176. The van der Waals surface area contributed by atoms with E-state index < -0.39 is 11.7 Å². The Bertz CT molecular complexity index is 707. The van der Waals surface area contributed by atoms with Crippen molar-refractivity contribution in [1.29, 1.82) is 0 Å². The molecule has 0 aromatic heterocycles. The van der Waals surface area contributed by atoms with Gasteiger partial charge < -0.3 is 4.74 Å². The molecule has 1 amide bonds. The second-order valence-corrected chi connectivity index (χ2v) is 5.45. The van der Waals surface area contributed by atoms with E-state index in [4.69, 9.17) is 16.3 Å². The lowest BCUT2D eigenvalue weighted by Gasteiger charge is -2.07. The van der Waals surface area contributed by atoms with E-state index in [1.807, 2.05) is 32.0 Å². The van der Waals surface area contributed by atoms with Crippen molar-refractivity contribution in [2.24, 2.45) is 5.10 Å². The lowest BCUT2D eigenvalue weighted by atomic mass is 10.1. The average Bonchev–Trinajstić information content (AvgIpc) is 2.47. The Morgan fingerprint density at radius 2 is 2.00 bits per heavy atom. The summed E-state index contributed by atoms with van der Waals surface area (Å²) in [6, 6.07) is 9.97. The molecule has 0 aliphatic carbocycles. The molecule has 0 atom stereocenters. The minimum atomic E-state index is -0.512. The summed E-state index contributed by atoms with van der Waals surface area (Å²) in [6.07, 6.45) is 1.16. The number of carbonyl (C=O) groups is 1. The van der Waals surface area contributed by atoms with Gasteiger partial charge in [0.15, 0.2) is 6.61 Å². The summed E-state index contributed by atoms with van der Waals surface area (Å²) >= 11 is 5.85. The number of carbonyl (C=O) groups excluding carboxylic acids is 1. The van der Waals surface area contributed by atoms with Crippen LogP contribution in [-0.4, -0.2) is 18.7 Å². The number of nitrogens with one attached hydrogen (secondary N) is 1. The molecule has 0 saturated carbocycles. The first-order valence-electron chi connectivity index (χ1n) is 6.92. The van der Waals surface area contributed by atoms with Crippen molar-refractivity contribution in [3.63, 3.8) is 0 Å². The highest BCUT2D eigenvalue weighted by atomic mass is 35.5. The van der Waals surface area contributed by atoms with E-state index in [0.29, 0.717) is 5.75 Å². The second kappa shape index (κ2) is 7.74. The van der Waals surface area contributed by atoms with Crippen LogP contribution in [0.4, 0.5) is 4.39 Å². The van der Waals surface area contributed by atoms with Gasteiger partial charge in [0.25, 0.3) is 5.91 Å². The summed E-state index contributed by atoms with van der Waals surface area (Å²) < 4.78 is 18.9. The summed E-state index contributed by atoms with van der Waals surface area (Å²) in [5, 5.41) is 3.90. The maximum absolute atomic E-state index is 13.5. The molecule has 0 aliphatic heterocycles. The highest BCUT2D eigenvalue weighted by Crippen LogP contribution is 2.17. The van der Waals surface area contributed by atoms with Crippen molar-refractivity contribution in [3.05, 3.63) is 63.9 Å². The molecule has 0 radical (unpaired) electrons. The van der Waals surface area contributed by atoms with Gasteiger partial charge in [0, 0.05) is 5.56 Å². The molecule has 0 spiro atoms. The zero-order valence-electron chi connectivity index (χ0n) is 12.8. The zero-order chi connectivity index (χ0) is 16.8. The molecule has 6 heteroatoms. The monoisotopic (exact) mass is 334 g/mol. The molecule has 120 valence electrons. The molecule has 2 aromatic rings. The Morgan fingerprint density at radius 1 is 1.30 bits per heavy atom. The minimum Gasteiger partial charge on any atom is -0.484 e. The van der Waals surface area contributed by atoms with Crippen LogP contribution in [0.2, 0.25) is 5.02 Å². The zero-order valence-corrected chi connectivity index (χ0v) is 13.5. The van der Waals surface area contributed by atoms with Gasteiger partial charge in [0.1, 0.15) is 11.6 Å². The molecular weight excluding hydrogens is 319 g/mol. The van der Waals surface area contributed by atoms with E-state index in [2.05, 4.69) is 10.5 Å². The van der Waals surface area contributed by atoms with Crippen molar-refractivity contribution in [1.82, 2.24) is 5.43 Å². The number of halogens is 2. The maximum Gasteiger partial charge on any atom is 0.277 e. The van der Waals surface area contributed by atoms with Crippen molar-refractivity contribution in [3.8, 4) is 5.75 Å². The van der Waals surface area contributed by atoms with Gasteiger partial charge in [-0.3, -0.25) is 4.79 Å². The molecule has 2 rings (SSSR count). The number of hydrogen-bond donors (Lipinski definition) is 1. The number of nitrogens with zero attached hydrogens (tertiary/aromatic N) is 1. The maximum atomic E-state index is 13.5. The number of benzene rings is 2. The fourth-order valence-electron chi connectivity index (χ4n) is 2.00. The third-order valence-electron chi connectivity index (χ3n) is 2.95. The lowest BCUT2D eigenvalue weighted by molar-refractivity contribution is -0.123. The molecule has 23 heavy (non-hydrogen) atoms. The predicted molar refractivity (Wildman–Crippen MR) is 88.6 cm³/mol. The molecule has 0 bridgehead atoms. The standard InChI is InChI=1S/C17H16ClFN2O2/c1-11-6-12(2)8-13(7-11)23-10-17(22)21-20-9-14-15(18)4-3-5-16(14)19/h3-9H,10H2,1-2H3,(H,21,22). The van der Waals surface area contributed by atoms with Gasteiger partial charge in [0.2, 0.25) is 0 Å². The number of ether oxygens (including phenoxy) is 1. The quantitative estimate of drug-likeness (QED) is 0.670. The van der Waals surface area contributed by atoms with E-state index in [9.17, 15) is 9.18 Å². The predicted octanol–water partition coefficient (Wildman–Crippen LogP) is 3.63. The number of aryl methyl sites for hydroxylation is 2. The van der Waals surface area contributed by atoms with E-state index in [1.165, 1.54) is 18.2 Å². The third-order valence-corrected chi connectivity index (χ3v) is 3.28. The van der Waals surface area contributed by atoms with Crippen molar-refractivity contribution >= 4 is 23.7 Å². The van der Waals surface area contributed by atoms with Gasteiger partial charge in [-0.05, 0) is 49.2 Å². The first kappa shape index (κ1) is 17.0. The Balaban J connectivity index is 1.89. The summed E-state index contributed by atoms with van der Waals surface area (Å²) in [5.41, 5.74) is 4.48. The smallest absolute Gasteiger partial charge is 0.277 e. The molecule has 0 saturated heterocycles. The second-order valence-electron chi connectivity index (χ2n) is 5.04. The molecule has 0 unspecified atom stereocenters. The molecule has 0 aliphatic rings. The van der Waals surface area contributed by atoms with E-state index in [0.717, 1.165) is 17.3 Å². The molecule has 2 aromatic carbocycles. The van der Waals surface area contributed by atoms with Crippen LogP contribution in [0.1, 0.15) is 16.7 Å². The molecule has 4 nitrogen and oxygen atoms in total. The number of hydrazone groups is 1. The van der Waals surface area contributed by atoms with Crippen LogP contribution >= 0.6 is 11.6 Å². The summed E-state index contributed by atoms with van der Waals surface area (Å²) in [7, 11) is 0. The first-order chi connectivity index (χ1) is 11.0. The third kappa shape index (κ3) is 5.07. The van der Waals surface area contributed by atoms with Gasteiger partial charge in [-0.1, -0.05) is 23.7 Å². The van der Waals surface area contributed by atoms with Gasteiger partial charge in [-0.15, -0.1) is 0 Å². The Morgan fingerprint density at radius 3 is 2.65 bits per heavy atom. The van der Waals surface area contributed by atoms with E-state index in [1.54, 1.807) is 0 Å². The highest BCUT2D eigenvalue weighted by molar-refractivity contribution is 6.33. The van der Waals surface area contributed by atoms with E-state index in [-0.39, 0.29) is 17.2 Å². The van der Waals surface area contributed by atoms with Crippen LogP contribution < -0.4 is 10.2 Å². The van der Waals surface area contributed by atoms with Crippen LogP contribution in [0.5, 0.6) is 5.75 Å². The lowest BCUT2D eigenvalue weighted by Crippen LogP contribution is -2.24. The normalized spacial score (nSPS) is 10.8. The molecule has 0 fully saturated rings. The van der Waals surface area contributed by atoms with Crippen molar-refractivity contribution < 1.29 is 13.9 Å². The Hall–Kier alpha value is -2.40. The van der Waals surface area contributed by atoms with Gasteiger partial charge in [-0.25, -0.2) is 9.82 Å². The van der Waals surface area contributed by atoms with Gasteiger partial charge >= 0.3 is 0 Å². The molecule has 0 heterocycles. The minimum absolute atomic E-state index is 0.115. The van der Waals surface area contributed by atoms with Crippen LogP contribution in [0.15, 0.2) is 41.5 Å². The summed E-state index contributed by atoms with van der Waals surface area (Å²) in [5.74, 6) is -0.353. The average molecular weight is 335 g/mol. The Kier molecular flexibility index (Phi) is 5.71. The highest BCUT2D eigenvalue weighted by Gasteiger charge is 2.05. The van der Waals surface area contributed by atoms with Gasteiger partial charge in [0.05, 0.1) is 11.2 Å². The molecular formula is C17H16ClFN2O2. The Labute approximate surface area is 138 Å². The van der Waals surface area contributed by atoms with Crippen LogP contribution in [0.3, 0.4) is 0 Å². The van der Waals surface area contributed by atoms with Crippen LogP contribution in [-0.2, 0) is 4.79 Å². The van der Waals surface area contributed by atoms with Crippen LogP contribution in [0.25, 0.3) is 0 Å². The summed E-state index contributed by atoms with van der Waals surface area (Å²) in [6.45, 7) is 3.70. The van der Waals surface area contributed by atoms with Crippen molar-refractivity contribution in [2.75, 3.05) is 6.61 Å². The SMILES string of the molecule is Cc1cc(C)cc(OCC(=O)NN=Cc2c(F)cccc2Cl)c1. The number of hydrogen-bond acceptors (Lipinski definition) is 3. The summed E-state index contributed by atoms with van der Waals surface area (Å²) in [4.78, 5) is 11.7. The fourth-order valence-corrected chi connectivity index (χ4v) is 2.21. The van der Waals surface area contributed by atoms with Crippen LogP contribution in [0, 0.1) is 19.7 Å². The topological polar surface area (TPSA) is 50.7 Å². The number of rotatable bonds is 5. The van der Waals surface area contributed by atoms with Crippen molar-refractivity contribution in [2.45, 2.75) is 13.8 Å². The molecule has 1 N–H and O–H groups in total.